The zero-order valence-corrected chi connectivity index (χ0v) is 12.4. The first-order chi connectivity index (χ1) is 10.1. The highest BCUT2D eigenvalue weighted by Crippen LogP contribution is 2.27. The molecule has 0 atom stereocenters. The van der Waals surface area contributed by atoms with Crippen molar-refractivity contribution >= 4 is 12.0 Å². The summed E-state index contributed by atoms with van der Waals surface area (Å²) in [7, 11) is 0. The number of carbonyl (C=O) groups excluding carboxylic acids is 1. The van der Waals surface area contributed by atoms with E-state index in [4.69, 9.17) is 5.11 Å². The van der Waals surface area contributed by atoms with E-state index in [0.29, 0.717) is 26.2 Å². The molecule has 0 aromatic heterocycles. The Morgan fingerprint density at radius 1 is 0.857 bits per heavy atom. The minimum Gasteiger partial charge on any atom is -0.480 e. The molecule has 1 aliphatic carbocycles. The summed E-state index contributed by atoms with van der Waals surface area (Å²) in [5.74, 6) is -0.800. The van der Waals surface area contributed by atoms with E-state index >= 15 is 0 Å². The fraction of sp³-hybridized carbons (Fsp3) is 0.857. The summed E-state index contributed by atoms with van der Waals surface area (Å²) in [6, 6.07) is 0.905. The first-order valence-corrected chi connectivity index (χ1v) is 7.85. The number of hydrogen-bond donors (Lipinski definition) is 1. The third-order valence-electron chi connectivity index (χ3n) is 4.65. The van der Waals surface area contributed by atoms with Crippen molar-refractivity contribution in [3.05, 3.63) is 0 Å². The molecular weight excluding hydrogens is 272 g/mol. The van der Waals surface area contributed by atoms with E-state index in [-0.39, 0.29) is 12.6 Å². The normalized spacial score (nSPS) is 25.1. The molecule has 2 saturated heterocycles. The zero-order chi connectivity index (χ0) is 14.8. The van der Waals surface area contributed by atoms with Crippen molar-refractivity contribution in [3.63, 3.8) is 0 Å². The second kappa shape index (κ2) is 6.19. The number of carboxylic acids is 1. The zero-order valence-electron chi connectivity index (χ0n) is 12.4. The van der Waals surface area contributed by atoms with Crippen molar-refractivity contribution < 1.29 is 14.7 Å². The lowest BCUT2D eigenvalue weighted by Gasteiger charge is -2.40. The molecule has 1 N–H and O–H groups in total. The van der Waals surface area contributed by atoms with Gasteiger partial charge in [-0.15, -0.1) is 0 Å². The quantitative estimate of drug-likeness (QED) is 0.767. The Kier molecular flexibility index (Phi) is 4.30. The van der Waals surface area contributed by atoms with Gasteiger partial charge in [0.15, 0.2) is 0 Å². The maximum atomic E-state index is 12.5. The number of carboxylic acid groups (broad SMARTS) is 1. The molecule has 0 unspecified atom stereocenters. The van der Waals surface area contributed by atoms with Crippen LogP contribution in [0.3, 0.4) is 0 Å². The van der Waals surface area contributed by atoms with Crippen LogP contribution in [0.5, 0.6) is 0 Å². The number of piperazine rings is 2. The van der Waals surface area contributed by atoms with Gasteiger partial charge in [0.05, 0.1) is 6.54 Å². The largest absolute Gasteiger partial charge is 0.480 e. The average Bonchev–Trinajstić information content (AvgIpc) is 3.32. The van der Waals surface area contributed by atoms with Crippen LogP contribution in [0.2, 0.25) is 0 Å². The van der Waals surface area contributed by atoms with Gasteiger partial charge in [0, 0.05) is 58.4 Å². The molecule has 7 nitrogen and oxygen atoms in total. The van der Waals surface area contributed by atoms with Crippen LogP contribution in [0.1, 0.15) is 12.8 Å². The monoisotopic (exact) mass is 296 g/mol. The van der Waals surface area contributed by atoms with Crippen LogP contribution in [-0.4, -0.2) is 102 Å². The molecule has 118 valence electrons. The van der Waals surface area contributed by atoms with Gasteiger partial charge in [-0.1, -0.05) is 0 Å². The summed E-state index contributed by atoms with van der Waals surface area (Å²) in [4.78, 5) is 31.4. The van der Waals surface area contributed by atoms with Gasteiger partial charge in [0.2, 0.25) is 0 Å². The number of urea groups is 1. The minimum absolute atomic E-state index is 0.0715. The van der Waals surface area contributed by atoms with Gasteiger partial charge in [-0.25, -0.2) is 4.79 Å². The molecule has 2 aliphatic heterocycles. The van der Waals surface area contributed by atoms with Crippen LogP contribution in [0.4, 0.5) is 4.79 Å². The van der Waals surface area contributed by atoms with E-state index in [9.17, 15) is 9.59 Å². The van der Waals surface area contributed by atoms with Crippen molar-refractivity contribution in [2.24, 2.45) is 0 Å². The van der Waals surface area contributed by atoms with Crippen molar-refractivity contribution in [3.8, 4) is 0 Å². The number of aliphatic carboxylic acids is 1. The van der Waals surface area contributed by atoms with Gasteiger partial charge in [-0.2, -0.15) is 0 Å². The second-order valence-corrected chi connectivity index (χ2v) is 6.19. The second-order valence-electron chi connectivity index (χ2n) is 6.19. The smallest absolute Gasteiger partial charge is 0.320 e. The highest BCUT2D eigenvalue weighted by Gasteiger charge is 2.33. The van der Waals surface area contributed by atoms with E-state index < -0.39 is 5.97 Å². The molecule has 0 aromatic carbocycles. The summed E-state index contributed by atoms with van der Waals surface area (Å²) in [5.41, 5.74) is 0. The lowest BCUT2D eigenvalue weighted by Crippen LogP contribution is -2.57. The number of amides is 2. The summed E-state index contributed by atoms with van der Waals surface area (Å²) in [5, 5.41) is 8.78. The van der Waals surface area contributed by atoms with Gasteiger partial charge in [0.1, 0.15) is 0 Å². The maximum Gasteiger partial charge on any atom is 0.320 e. The van der Waals surface area contributed by atoms with Crippen molar-refractivity contribution in [1.29, 1.82) is 0 Å². The van der Waals surface area contributed by atoms with Gasteiger partial charge in [-0.05, 0) is 12.8 Å². The summed E-state index contributed by atoms with van der Waals surface area (Å²) in [6.07, 6.45) is 2.64. The first kappa shape index (κ1) is 14.6. The Labute approximate surface area is 125 Å². The molecule has 0 spiro atoms. The molecule has 21 heavy (non-hydrogen) atoms. The summed E-state index contributed by atoms with van der Waals surface area (Å²) < 4.78 is 0. The lowest BCUT2D eigenvalue weighted by molar-refractivity contribution is -0.138. The summed E-state index contributed by atoms with van der Waals surface area (Å²) in [6.45, 7) is 6.28. The molecule has 3 fully saturated rings. The summed E-state index contributed by atoms with van der Waals surface area (Å²) >= 11 is 0. The third kappa shape index (κ3) is 3.65. The molecule has 1 saturated carbocycles. The molecule has 0 aromatic rings. The van der Waals surface area contributed by atoms with Crippen LogP contribution in [0, 0.1) is 0 Å². The number of hydrogen-bond acceptors (Lipinski definition) is 4. The number of nitrogens with zero attached hydrogens (tertiary/aromatic N) is 4. The molecule has 3 aliphatic rings. The molecule has 0 radical (unpaired) electrons. The van der Waals surface area contributed by atoms with E-state index in [2.05, 4.69) is 4.90 Å². The van der Waals surface area contributed by atoms with Crippen LogP contribution in [-0.2, 0) is 4.79 Å². The molecular formula is C14H24N4O3. The fourth-order valence-corrected chi connectivity index (χ4v) is 3.21. The van der Waals surface area contributed by atoms with Crippen molar-refractivity contribution in [2.75, 3.05) is 58.9 Å². The van der Waals surface area contributed by atoms with E-state index in [1.54, 1.807) is 0 Å². The van der Waals surface area contributed by atoms with Crippen LogP contribution < -0.4 is 0 Å². The SMILES string of the molecule is O=C(O)CN1CCN(C(=O)N2CCN(C3CC3)CC2)CC1. The topological polar surface area (TPSA) is 67.3 Å². The fourth-order valence-electron chi connectivity index (χ4n) is 3.21. The molecule has 0 bridgehead atoms. The highest BCUT2D eigenvalue weighted by atomic mass is 16.4. The average molecular weight is 296 g/mol. The predicted molar refractivity (Wildman–Crippen MR) is 77.2 cm³/mol. The van der Waals surface area contributed by atoms with Crippen LogP contribution in [0.15, 0.2) is 0 Å². The maximum absolute atomic E-state index is 12.5. The number of rotatable bonds is 3. The standard InChI is InChI=1S/C14H24N4O3/c19-13(20)11-15-3-5-17(6-4-15)14(21)18-9-7-16(8-10-18)12-1-2-12/h12H,1-11H2,(H,19,20). The van der Waals surface area contributed by atoms with Gasteiger partial charge in [-0.3, -0.25) is 14.6 Å². The van der Waals surface area contributed by atoms with Crippen molar-refractivity contribution in [2.45, 2.75) is 18.9 Å². The van der Waals surface area contributed by atoms with Crippen molar-refractivity contribution in [1.82, 2.24) is 19.6 Å². The molecule has 7 heteroatoms. The Balaban J connectivity index is 1.42. The molecule has 3 rings (SSSR count). The van der Waals surface area contributed by atoms with Gasteiger partial charge in [0.25, 0.3) is 0 Å². The van der Waals surface area contributed by atoms with Gasteiger partial charge < -0.3 is 14.9 Å². The minimum atomic E-state index is -0.800. The number of carbonyl (C=O) groups is 2. The van der Waals surface area contributed by atoms with Gasteiger partial charge >= 0.3 is 12.0 Å². The molecule has 2 heterocycles. The van der Waals surface area contributed by atoms with Crippen LogP contribution >= 0.6 is 0 Å². The lowest BCUT2D eigenvalue weighted by atomic mass is 10.3. The van der Waals surface area contributed by atoms with E-state index in [0.717, 1.165) is 32.2 Å². The van der Waals surface area contributed by atoms with E-state index in [1.165, 1.54) is 12.8 Å². The predicted octanol–water partition coefficient (Wildman–Crippen LogP) is -0.411. The Hall–Kier alpha value is -1.34. The third-order valence-corrected chi connectivity index (χ3v) is 4.65. The Morgan fingerprint density at radius 2 is 1.38 bits per heavy atom. The highest BCUT2D eigenvalue weighted by molar-refractivity contribution is 5.75. The van der Waals surface area contributed by atoms with E-state index in [1.807, 2.05) is 14.7 Å². The van der Waals surface area contributed by atoms with Crippen LogP contribution in [0.25, 0.3) is 0 Å². The Bertz CT molecular complexity index is 397. The first-order valence-electron chi connectivity index (χ1n) is 7.85. The Morgan fingerprint density at radius 3 is 1.86 bits per heavy atom. The molecule has 2 amide bonds.